The third-order valence-corrected chi connectivity index (χ3v) is 3.65. The van der Waals surface area contributed by atoms with Crippen LogP contribution in [0.4, 0.5) is 23.2 Å². The minimum atomic E-state index is -1.72. The predicted octanol–water partition coefficient (Wildman–Crippen LogP) is 3.64. The van der Waals surface area contributed by atoms with E-state index < -0.39 is 52.7 Å². The lowest BCUT2D eigenvalue weighted by molar-refractivity contribution is -0.118. The third kappa shape index (κ3) is 4.19. The normalized spacial score (nSPS) is 12.0. The Morgan fingerprint density at radius 3 is 2.15 bits per heavy atom. The van der Waals surface area contributed by atoms with Crippen molar-refractivity contribution < 1.29 is 27.2 Å². The number of carbonyl (C=O) groups is 2. The molecule has 0 bridgehead atoms. The molecule has 0 aliphatic rings. The van der Waals surface area contributed by atoms with Crippen LogP contribution in [0.3, 0.4) is 0 Å². The predicted molar refractivity (Wildman–Crippen MR) is 87.4 cm³/mol. The Hall–Kier alpha value is -2.90. The van der Waals surface area contributed by atoms with Crippen molar-refractivity contribution in [2.24, 2.45) is 5.92 Å². The van der Waals surface area contributed by atoms with Crippen molar-refractivity contribution in [2.45, 2.75) is 19.9 Å². The summed E-state index contributed by atoms with van der Waals surface area (Å²) in [5.41, 5.74) is -0.829. The Labute approximate surface area is 147 Å². The summed E-state index contributed by atoms with van der Waals surface area (Å²) in [5, 5.41) is 4.46. The number of carbonyl (C=O) groups excluding carboxylic acids is 2. The van der Waals surface area contributed by atoms with Crippen LogP contribution in [0, 0.1) is 29.2 Å². The van der Waals surface area contributed by atoms with Crippen LogP contribution in [-0.4, -0.2) is 17.9 Å². The molecule has 2 amide bonds. The summed E-state index contributed by atoms with van der Waals surface area (Å²) in [5.74, 6) is -7.56. The summed E-state index contributed by atoms with van der Waals surface area (Å²) in [6, 6.07) is 5.57. The van der Waals surface area contributed by atoms with Crippen molar-refractivity contribution in [2.75, 3.05) is 5.32 Å². The topological polar surface area (TPSA) is 58.2 Å². The Morgan fingerprint density at radius 1 is 0.885 bits per heavy atom. The molecular formula is C18H16F4N2O2. The smallest absolute Gasteiger partial charge is 0.254 e. The van der Waals surface area contributed by atoms with Gasteiger partial charge in [-0.05, 0) is 30.2 Å². The summed E-state index contributed by atoms with van der Waals surface area (Å²) in [4.78, 5) is 24.5. The average molecular weight is 368 g/mol. The third-order valence-electron chi connectivity index (χ3n) is 3.65. The van der Waals surface area contributed by atoms with Gasteiger partial charge in [-0.15, -0.1) is 0 Å². The number of nitrogens with one attached hydrogen (secondary N) is 2. The van der Waals surface area contributed by atoms with E-state index in [9.17, 15) is 27.2 Å². The van der Waals surface area contributed by atoms with Crippen LogP contribution in [0.15, 0.2) is 36.4 Å². The monoisotopic (exact) mass is 368 g/mol. The molecule has 0 spiro atoms. The first-order valence-electron chi connectivity index (χ1n) is 7.72. The molecule has 0 aliphatic carbocycles. The van der Waals surface area contributed by atoms with E-state index in [1.807, 2.05) is 0 Å². The standard InChI is InChI=1S/C18H16F4N2O2/c1-9(2)16(24-17(25)10-5-3-4-6-11(10)19)18(26)23-13-8-7-12(20)14(21)15(13)22/h3-9,16H,1-2H3,(H,23,26)(H,24,25)/t16-/m0/s1. The summed E-state index contributed by atoms with van der Waals surface area (Å²) in [7, 11) is 0. The van der Waals surface area contributed by atoms with Gasteiger partial charge in [0.1, 0.15) is 11.9 Å². The van der Waals surface area contributed by atoms with Crippen molar-refractivity contribution in [1.29, 1.82) is 0 Å². The van der Waals surface area contributed by atoms with Crippen molar-refractivity contribution in [1.82, 2.24) is 5.32 Å². The summed E-state index contributed by atoms with van der Waals surface area (Å²) in [6.07, 6.45) is 0. The molecule has 0 fully saturated rings. The summed E-state index contributed by atoms with van der Waals surface area (Å²) >= 11 is 0. The highest BCUT2D eigenvalue weighted by Crippen LogP contribution is 2.20. The number of hydrogen-bond donors (Lipinski definition) is 2. The first-order valence-corrected chi connectivity index (χ1v) is 7.72. The van der Waals surface area contributed by atoms with Gasteiger partial charge in [0, 0.05) is 0 Å². The van der Waals surface area contributed by atoms with Crippen molar-refractivity contribution in [3.05, 3.63) is 65.2 Å². The van der Waals surface area contributed by atoms with Gasteiger partial charge in [-0.25, -0.2) is 17.6 Å². The molecule has 26 heavy (non-hydrogen) atoms. The number of halogens is 4. The van der Waals surface area contributed by atoms with Gasteiger partial charge >= 0.3 is 0 Å². The van der Waals surface area contributed by atoms with Gasteiger partial charge in [0.25, 0.3) is 5.91 Å². The molecule has 0 radical (unpaired) electrons. The Kier molecular flexibility index (Phi) is 5.97. The highest BCUT2D eigenvalue weighted by molar-refractivity contribution is 6.01. The second-order valence-electron chi connectivity index (χ2n) is 5.89. The average Bonchev–Trinajstić information content (AvgIpc) is 2.60. The minimum absolute atomic E-state index is 0.259. The van der Waals surface area contributed by atoms with E-state index >= 15 is 0 Å². The van der Waals surface area contributed by atoms with Crippen LogP contribution < -0.4 is 10.6 Å². The van der Waals surface area contributed by atoms with Crippen molar-refractivity contribution in [3.8, 4) is 0 Å². The van der Waals surface area contributed by atoms with Gasteiger partial charge in [0.2, 0.25) is 5.91 Å². The van der Waals surface area contributed by atoms with Gasteiger partial charge in [-0.2, -0.15) is 0 Å². The molecule has 138 valence electrons. The van der Waals surface area contributed by atoms with Gasteiger partial charge in [-0.1, -0.05) is 26.0 Å². The number of hydrogen-bond acceptors (Lipinski definition) is 2. The van der Waals surface area contributed by atoms with Crippen molar-refractivity contribution in [3.63, 3.8) is 0 Å². The molecule has 2 aromatic rings. The van der Waals surface area contributed by atoms with Gasteiger partial charge < -0.3 is 10.6 Å². The molecule has 0 unspecified atom stereocenters. The molecular weight excluding hydrogens is 352 g/mol. The second-order valence-corrected chi connectivity index (χ2v) is 5.89. The Morgan fingerprint density at radius 2 is 1.54 bits per heavy atom. The fourth-order valence-electron chi connectivity index (χ4n) is 2.23. The van der Waals surface area contributed by atoms with Gasteiger partial charge in [-0.3, -0.25) is 9.59 Å². The molecule has 1 atom stereocenters. The fraction of sp³-hybridized carbons (Fsp3) is 0.222. The molecule has 2 N–H and O–H groups in total. The molecule has 0 aliphatic heterocycles. The first-order chi connectivity index (χ1) is 12.2. The van der Waals surface area contributed by atoms with Crippen LogP contribution >= 0.6 is 0 Å². The van der Waals surface area contributed by atoms with Crippen LogP contribution in [0.5, 0.6) is 0 Å². The minimum Gasteiger partial charge on any atom is -0.340 e. The fourth-order valence-corrected chi connectivity index (χ4v) is 2.23. The number of anilines is 1. The molecule has 4 nitrogen and oxygen atoms in total. The number of amides is 2. The van der Waals surface area contributed by atoms with Crippen LogP contribution in [0.25, 0.3) is 0 Å². The first kappa shape index (κ1) is 19.4. The van der Waals surface area contributed by atoms with E-state index in [0.29, 0.717) is 6.07 Å². The maximum atomic E-state index is 13.7. The summed E-state index contributed by atoms with van der Waals surface area (Å²) in [6.45, 7) is 3.21. The molecule has 0 heterocycles. The zero-order valence-corrected chi connectivity index (χ0v) is 13.9. The Bertz CT molecular complexity index is 840. The lowest BCUT2D eigenvalue weighted by atomic mass is 10.0. The largest absolute Gasteiger partial charge is 0.340 e. The van der Waals surface area contributed by atoms with Crippen molar-refractivity contribution >= 4 is 17.5 Å². The van der Waals surface area contributed by atoms with Gasteiger partial charge in [0.15, 0.2) is 17.5 Å². The maximum absolute atomic E-state index is 13.7. The van der Waals surface area contributed by atoms with Crippen LogP contribution in [-0.2, 0) is 4.79 Å². The molecule has 0 saturated carbocycles. The van der Waals surface area contributed by atoms with E-state index in [2.05, 4.69) is 10.6 Å². The molecule has 0 aromatic heterocycles. The highest BCUT2D eigenvalue weighted by Gasteiger charge is 2.27. The van der Waals surface area contributed by atoms with Crippen LogP contribution in [0.1, 0.15) is 24.2 Å². The number of benzene rings is 2. The quantitative estimate of drug-likeness (QED) is 0.625. The number of rotatable bonds is 5. The van der Waals surface area contributed by atoms with E-state index in [4.69, 9.17) is 0 Å². The zero-order chi connectivity index (χ0) is 19.4. The molecule has 2 rings (SSSR count). The zero-order valence-electron chi connectivity index (χ0n) is 13.9. The SMILES string of the molecule is CC(C)[C@H](NC(=O)c1ccccc1F)C(=O)Nc1ccc(F)c(F)c1F. The van der Waals surface area contributed by atoms with E-state index in [0.717, 1.165) is 12.1 Å². The van der Waals surface area contributed by atoms with E-state index in [-0.39, 0.29) is 5.56 Å². The second kappa shape index (κ2) is 7.99. The van der Waals surface area contributed by atoms with Gasteiger partial charge in [0.05, 0.1) is 11.3 Å². The highest BCUT2D eigenvalue weighted by atomic mass is 19.2. The maximum Gasteiger partial charge on any atom is 0.254 e. The van der Waals surface area contributed by atoms with E-state index in [1.54, 1.807) is 13.8 Å². The Balaban J connectivity index is 2.19. The molecule has 8 heteroatoms. The lowest BCUT2D eigenvalue weighted by Gasteiger charge is -2.22. The van der Waals surface area contributed by atoms with E-state index in [1.165, 1.54) is 18.2 Å². The lowest BCUT2D eigenvalue weighted by Crippen LogP contribution is -2.47. The molecule has 2 aromatic carbocycles. The van der Waals surface area contributed by atoms with Crippen LogP contribution in [0.2, 0.25) is 0 Å². The molecule has 0 saturated heterocycles. The summed E-state index contributed by atoms with van der Waals surface area (Å²) < 4.78 is 53.6.